The molecule has 4 rings (SSSR count). The molecule has 2 bridgehead atoms. The fourth-order valence-electron chi connectivity index (χ4n) is 4.38. The molecule has 0 amide bonds. The van der Waals surface area contributed by atoms with E-state index in [1.54, 1.807) is 0 Å². The van der Waals surface area contributed by atoms with Crippen molar-refractivity contribution in [2.45, 2.75) is 56.8 Å². The Bertz CT molecular complexity index is 671. The van der Waals surface area contributed by atoms with E-state index in [9.17, 15) is 5.11 Å². The van der Waals surface area contributed by atoms with E-state index in [-0.39, 0.29) is 0 Å². The van der Waals surface area contributed by atoms with Gasteiger partial charge < -0.3 is 5.11 Å². The highest BCUT2D eigenvalue weighted by Crippen LogP contribution is 2.45. The molecule has 0 spiro atoms. The van der Waals surface area contributed by atoms with E-state index >= 15 is 0 Å². The van der Waals surface area contributed by atoms with Crippen molar-refractivity contribution in [1.82, 2.24) is 9.88 Å². The van der Waals surface area contributed by atoms with Crippen molar-refractivity contribution in [2.24, 2.45) is 0 Å². The first-order valence-corrected chi connectivity index (χ1v) is 8.60. The molecule has 2 atom stereocenters. The number of piperidine rings is 1. The second kappa shape index (κ2) is 5.73. The SMILES string of the molecule is Cc1cccc(C2(O)CC3CCC(C2)N3Cc2ccccc2)n1. The number of aryl methyl sites for hydroxylation is 1. The van der Waals surface area contributed by atoms with E-state index in [4.69, 9.17) is 0 Å². The van der Waals surface area contributed by atoms with E-state index in [2.05, 4.69) is 40.2 Å². The maximum absolute atomic E-state index is 11.2. The molecular formula is C20H24N2O. The maximum atomic E-state index is 11.2. The zero-order valence-corrected chi connectivity index (χ0v) is 13.7. The number of rotatable bonds is 3. The third-order valence-corrected chi connectivity index (χ3v) is 5.49. The monoisotopic (exact) mass is 308 g/mol. The van der Waals surface area contributed by atoms with Crippen LogP contribution in [0.3, 0.4) is 0 Å². The minimum absolute atomic E-state index is 0.460. The van der Waals surface area contributed by atoms with Crippen LogP contribution in [0.2, 0.25) is 0 Å². The zero-order valence-electron chi connectivity index (χ0n) is 13.7. The van der Waals surface area contributed by atoms with E-state index in [0.29, 0.717) is 12.1 Å². The highest BCUT2D eigenvalue weighted by Gasteiger charge is 2.48. The maximum Gasteiger partial charge on any atom is 0.109 e. The predicted molar refractivity (Wildman–Crippen MR) is 90.9 cm³/mol. The van der Waals surface area contributed by atoms with Gasteiger partial charge in [0.25, 0.3) is 0 Å². The van der Waals surface area contributed by atoms with E-state index in [1.165, 1.54) is 18.4 Å². The number of hydrogen-bond acceptors (Lipinski definition) is 3. The quantitative estimate of drug-likeness (QED) is 0.944. The Morgan fingerprint density at radius 3 is 2.39 bits per heavy atom. The van der Waals surface area contributed by atoms with Crippen molar-refractivity contribution in [3.05, 3.63) is 65.5 Å². The van der Waals surface area contributed by atoms with Crippen molar-refractivity contribution in [1.29, 1.82) is 0 Å². The molecule has 0 radical (unpaired) electrons. The van der Waals surface area contributed by atoms with Crippen LogP contribution < -0.4 is 0 Å². The molecule has 1 aromatic heterocycles. The molecule has 0 saturated carbocycles. The van der Waals surface area contributed by atoms with Gasteiger partial charge in [-0.05, 0) is 50.3 Å². The second-order valence-electron chi connectivity index (χ2n) is 7.15. The van der Waals surface area contributed by atoms with Gasteiger partial charge in [-0.25, -0.2) is 0 Å². The summed E-state index contributed by atoms with van der Waals surface area (Å²) in [5.74, 6) is 0. The van der Waals surface area contributed by atoms with Gasteiger partial charge in [-0.15, -0.1) is 0 Å². The average molecular weight is 308 g/mol. The lowest BCUT2D eigenvalue weighted by atomic mass is 9.83. The molecule has 1 N–H and O–H groups in total. The molecule has 2 aliphatic heterocycles. The molecular weight excluding hydrogens is 284 g/mol. The number of aliphatic hydroxyl groups is 1. The summed E-state index contributed by atoms with van der Waals surface area (Å²) in [6.45, 7) is 2.99. The van der Waals surface area contributed by atoms with Crippen molar-refractivity contribution < 1.29 is 5.11 Å². The van der Waals surface area contributed by atoms with E-state index in [0.717, 1.165) is 30.8 Å². The largest absolute Gasteiger partial charge is 0.383 e. The average Bonchev–Trinajstić information content (AvgIpc) is 2.80. The van der Waals surface area contributed by atoms with Crippen molar-refractivity contribution in [3.8, 4) is 0 Å². The number of benzene rings is 1. The molecule has 120 valence electrons. The Morgan fingerprint density at radius 2 is 1.74 bits per heavy atom. The van der Waals surface area contributed by atoms with Gasteiger partial charge in [0.2, 0.25) is 0 Å². The fraction of sp³-hybridized carbons (Fsp3) is 0.450. The van der Waals surface area contributed by atoms with Gasteiger partial charge in [0.1, 0.15) is 5.60 Å². The minimum atomic E-state index is -0.759. The first kappa shape index (κ1) is 14.9. The van der Waals surface area contributed by atoms with Gasteiger partial charge in [-0.2, -0.15) is 0 Å². The third-order valence-electron chi connectivity index (χ3n) is 5.49. The molecule has 3 heterocycles. The summed E-state index contributed by atoms with van der Waals surface area (Å²) < 4.78 is 0. The summed E-state index contributed by atoms with van der Waals surface area (Å²) in [7, 11) is 0. The van der Waals surface area contributed by atoms with Gasteiger partial charge in [-0.3, -0.25) is 9.88 Å². The van der Waals surface area contributed by atoms with Crippen LogP contribution in [0.25, 0.3) is 0 Å². The molecule has 0 aliphatic carbocycles. The first-order chi connectivity index (χ1) is 11.1. The van der Waals surface area contributed by atoms with Gasteiger partial charge in [0.05, 0.1) is 5.69 Å². The van der Waals surface area contributed by atoms with Crippen LogP contribution in [0, 0.1) is 6.92 Å². The van der Waals surface area contributed by atoms with Crippen LogP contribution in [0.15, 0.2) is 48.5 Å². The van der Waals surface area contributed by atoms with Crippen molar-refractivity contribution >= 4 is 0 Å². The van der Waals surface area contributed by atoms with E-state index < -0.39 is 5.60 Å². The summed E-state index contributed by atoms with van der Waals surface area (Å²) >= 11 is 0. The van der Waals surface area contributed by atoms with Crippen LogP contribution >= 0.6 is 0 Å². The Hall–Kier alpha value is -1.71. The minimum Gasteiger partial charge on any atom is -0.383 e. The van der Waals surface area contributed by atoms with Crippen LogP contribution in [0.1, 0.15) is 42.6 Å². The standard InChI is InChI=1S/C20H24N2O/c1-15-6-5-9-19(21-15)20(23)12-17-10-11-18(13-20)22(17)14-16-7-3-2-4-8-16/h2-9,17-18,23H,10-14H2,1H3. The molecule has 2 fully saturated rings. The van der Waals surface area contributed by atoms with Gasteiger partial charge >= 0.3 is 0 Å². The van der Waals surface area contributed by atoms with Gasteiger partial charge in [0.15, 0.2) is 0 Å². The lowest BCUT2D eigenvalue weighted by Crippen LogP contribution is -2.49. The number of fused-ring (bicyclic) bond motifs is 2. The Morgan fingerprint density at radius 1 is 1.04 bits per heavy atom. The van der Waals surface area contributed by atoms with Crippen molar-refractivity contribution in [3.63, 3.8) is 0 Å². The topological polar surface area (TPSA) is 36.4 Å². The number of nitrogens with zero attached hydrogens (tertiary/aromatic N) is 2. The number of aromatic nitrogens is 1. The van der Waals surface area contributed by atoms with Crippen LogP contribution in [0.4, 0.5) is 0 Å². The molecule has 23 heavy (non-hydrogen) atoms. The summed E-state index contributed by atoms with van der Waals surface area (Å²) in [6, 6.07) is 17.6. The summed E-state index contributed by atoms with van der Waals surface area (Å²) in [6.07, 6.45) is 3.97. The lowest BCUT2D eigenvalue weighted by Gasteiger charge is -2.43. The fourth-order valence-corrected chi connectivity index (χ4v) is 4.38. The number of pyridine rings is 1. The molecule has 3 heteroatoms. The zero-order chi connectivity index (χ0) is 15.9. The van der Waals surface area contributed by atoms with Crippen LogP contribution in [-0.2, 0) is 12.1 Å². The molecule has 2 aromatic rings. The first-order valence-electron chi connectivity index (χ1n) is 8.60. The molecule has 1 aromatic carbocycles. The second-order valence-corrected chi connectivity index (χ2v) is 7.15. The molecule has 2 aliphatic rings. The molecule has 2 unspecified atom stereocenters. The highest BCUT2D eigenvalue weighted by molar-refractivity contribution is 5.21. The van der Waals surface area contributed by atoms with E-state index in [1.807, 2.05) is 25.1 Å². The van der Waals surface area contributed by atoms with Gasteiger partial charge in [0, 0.05) is 24.3 Å². The normalized spacial score (nSPS) is 30.5. The summed E-state index contributed by atoms with van der Waals surface area (Å²) in [4.78, 5) is 7.20. The predicted octanol–water partition coefficient (Wildman–Crippen LogP) is 3.40. The molecule has 3 nitrogen and oxygen atoms in total. The lowest BCUT2D eigenvalue weighted by molar-refractivity contribution is -0.0624. The Labute approximate surface area is 138 Å². The smallest absolute Gasteiger partial charge is 0.109 e. The highest BCUT2D eigenvalue weighted by atomic mass is 16.3. The van der Waals surface area contributed by atoms with Gasteiger partial charge in [-0.1, -0.05) is 36.4 Å². The molecule has 2 saturated heterocycles. The third kappa shape index (κ3) is 2.79. The van der Waals surface area contributed by atoms with Crippen LogP contribution in [0.5, 0.6) is 0 Å². The summed E-state index contributed by atoms with van der Waals surface area (Å²) in [5, 5.41) is 11.2. The Balaban J connectivity index is 1.55. The Kier molecular flexibility index (Phi) is 3.70. The van der Waals surface area contributed by atoms with Crippen molar-refractivity contribution in [2.75, 3.05) is 0 Å². The summed E-state index contributed by atoms with van der Waals surface area (Å²) in [5.41, 5.74) is 2.44. The number of hydrogen-bond donors (Lipinski definition) is 1. The van der Waals surface area contributed by atoms with Crippen LogP contribution in [-0.4, -0.2) is 27.1 Å².